The zero-order valence-electron chi connectivity index (χ0n) is 9.79. The van der Waals surface area contributed by atoms with Crippen molar-refractivity contribution < 1.29 is 8.42 Å². The van der Waals surface area contributed by atoms with Crippen molar-refractivity contribution in [3.63, 3.8) is 0 Å². The molecule has 0 radical (unpaired) electrons. The predicted molar refractivity (Wildman–Crippen MR) is 61.5 cm³/mol. The second kappa shape index (κ2) is 4.92. The number of hydrogen-bond acceptors (Lipinski definition) is 5. The fourth-order valence-corrected chi connectivity index (χ4v) is 1.99. The van der Waals surface area contributed by atoms with E-state index >= 15 is 0 Å². The molecule has 0 amide bonds. The fraction of sp³-hybridized carbons (Fsp3) is 0.778. The minimum absolute atomic E-state index is 0.0758. The van der Waals surface area contributed by atoms with Gasteiger partial charge in [0.1, 0.15) is 6.33 Å². The van der Waals surface area contributed by atoms with Crippen LogP contribution in [0.3, 0.4) is 0 Å². The number of nitrogens with two attached hydrogens (primary N) is 1. The Morgan fingerprint density at radius 2 is 2.06 bits per heavy atom. The molecule has 0 saturated heterocycles. The summed E-state index contributed by atoms with van der Waals surface area (Å²) in [6, 6.07) is -0.233. The van der Waals surface area contributed by atoms with Gasteiger partial charge in [-0.1, -0.05) is 0 Å². The summed E-state index contributed by atoms with van der Waals surface area (Å²) in [5.41, 5.74) is 5.60. The van der Waals surface area contributed by atoms with Crippen LogP contribution in [0.4, 0.5) is 0 Å². The van der Waals surface area contributed by atoms with Crippen LogP contribution in [0.15, 0.2) is 6.33 Å². The smallest absolute Gasteiger partial charge is 0.166 e. The lowest BCUT2D eigenvalue weighted by Gasteiger charge is -2.06. The Hall–Kier alpha value is -0.950. The summed E-state index contributed by atoms with van der Waals surface area (Å²) in [6.07, 6.45) is 1.51. The van der Waals surface area contributed by atoms with Crippen LogP contribution in [-0.4, -0.2) is 34.2 Å². The van der Waals surface area contributed by atoms with Crippen molar-refractivity contribution in [3.05, 3.63) is 12.2 Å². The van der Waals surface area contributed by atoms with Crippen LogP contribution in [0.25, 0.3) is 0 Å². The van der Waals surface area contributed by atoms with Gasteiger partial charge in [-0.05, 0) is 20.8 Å². The molecule has 1 atom stereocenters. The van der Waals surface area contributed by atoms with Gasteiger partial charge in [-0.15, -0.1) is 0 Å². The molecule has 2 N–H and O–H groups in total. The Balaban J connectivity index is 2.62. The quantitative estimate of drug-likeness (QED) is 0.797. The second-order valence-corrected chi connectivity index (χ2v) is 6.75. The zero-order chi connectivity index (χ0) is 12.3. The van der Waals surface area contributed by atoms with Crippen LogP contribution in [0, 0.1) is 0 Å². The topological polar surface area (TPSA) is 90.9 Å². The molecule has 0 fully saturated rings. The van der Waals surface area contributed by atoms with Crippen LogP contribution in [0.5, 0.6) is 0 Å². The third-order valence-electron chi connectivity index (χ3n) is 2.28. The molecule has 0 bridgehead atoms. The Kier molecular flexibility index (Phi) is 4.03. The predicted octanol–water partition coefficient (Wildman–Crippen LogP) is 0.121. The van der Waals surface area contributed by atoms with E-state index < -0.39 is 9.84 Å². The van der Waals surface area contributed by atoms with Crippen LogP contribution >= 0.6 is 0 Å². The van der Waals surface area contributed by atoms with Gasteiger partial charge in [-0.25, -0.2) is 13.4 Å². The van der Waals surface area contributed by atoms with Crippen LogP contribution < -0.4 is 5.73 Å². The number of nitrogens with zero attached hydrogens (tertiary/aromatic N) is 3. The van der Waals surface area contributed by atoms with E-state index in [0.29, 0.717) is 12.4 Å². The summed E-state index contributed by atoms with van der Waals surface area (Å²) in [5, 5.41) is 3.73. The Bertz CT molecular complexity index is 436. The first-order valence-corrected chi connectivity index (χ1v) is 6.91. The highest BCUT2D eigenvalue weighted by Crippen LogP contribution is 2.04. The molecule has 0 saturated carbocycles. The van der Waals surface area contributed by atoms with Gasteiger partial charge in [0.05, 0.1) is 23.6 Å². The Labute approximate surface area is 95.8 Å². The summed E-state index contributed by atoms with van der Waals surface area (Å²) >= 11 is 0. The molecule has 6 nitrogen and oxygen atoms in total. The van der Waals surface area contributed by atoms with Crippen molar-refractivity contribution in [1.82, 2.24) is 14.8 Å². The van der Waals surface area contributed by atoms with Gasteiger partial charge in [0.25, 0.3) is 0 Å². The molecule has 7 heteroatoms. The van der Waals surface area contributed by atoms with Crippen molar-refractivity contribution in [2.75, 3.05) is 5.75 Å². The molecule has 92 valence electrons. The first-order valence-electron chi connectivity index (χ1n) is 5.19. The van der Waals surface area contributed by atoms with Crippen LogP contribution in [0.2, 0.25) is 0 Å². The van der Waals surface area contributed by atoms with Gasteiger partial charge >= 0.3 is 0 Å². The molecule has 1 aromatic heterocycles. The van der Waals surface area contributed by atoms with E-state index in [1.807, 2.05) is 0 Å². The van der Waals surface area contributed by atoms with Crippen LogP contribution in [0.1, 0.15) is 32.6 Å². The molecule has 1 aromatic rings. The standard InChI is InChI=1S/C9H18N4O2S/c1-7(2)16(14,15)5-4-13-6-11-9(12-13)8(3)10/h6-8H,4-5,10H2,1-3H3. The lowest BCUT2D eigenvalue weighted by atomic mass is 10.4. The van der Waals surface area contributed by atoms with Crippen molar-refractivity contribution in [2.45, 2.75) is 38.6 Å². The van der Waals surface area contributed by atoms with E-state index in [1.54, 1.807) is 20.8 Å². The molecule has 0 aliphatic carbocycles. The van der Waals surface area contributed by atoms with Crippen molar-refractivity contribution >= 4 is 9.84 Å². The van der Waals surface area contributed by atoms with Crippen molar-refractivity contribution in [2.24, 2.45) is 5.73 Å². The molecule has 1 heterocycles. The highest BCUT2D eigenvalue weighted by molar-refractivity contribution is 7.91. The maximum Gasteiger partial charge on any atom is 0.166 e. The van der Waals surface area contributed by atoms with E-state index in [0.717, 1.165) is 0 Å². The van der Waals surface area contributed by atoms with Gasteiger partial charge in [-0.3, -0.25) is 4.68 Å². The molecule has 1 unspecified atom stereocenters. The van der Waals surface area contributed by atoms with Crippen molar-refractivity contribution in [3.8, 4) is 0 Å². The summed E-state index contributed by atoms with van der Waals surface area (Å²) < 4.78 is 24.6. The lowest BCUT2D eigenvalue weighted by Crippen LogP contribution is -2.21. The van der Waals surface area contributed by atoms with E-state index in [1.165, 1.54) is 11.0 Å². The first-order chi connectivity index (χ1) is 7.33. The molecule has 0 aliphatic heterocycles. The number of aromatic nitrogens is 3. The maximum atomic E-state index is 11.6. The Morgan fingerprint density at radius 3 is 2.50 bits per heavy atom. The van der Waals surface area contributed by atoms with E-state index in [4.69, 9.17) is 5.73 Å². The maximum absolute atomic E-state index is 11.6. The average Bonchev–Trinajstić information content (AvgIpc) is 2.63. The van der Waals surface area contributed by atoms with Crippen LogP contribution in [-0.2, 0) is 16.4 Å². The number of hydrogen-bond donors (Lipinski definition) is 1. The van der Waals surface area contributed by atoms with Gasteiger partial charge in [0.2, 0.25) is 0 Å². The Morgan fingerprint density at radius 1 is 1.44 bits per heavy atom. The van der Waals surface area contributed by atoms with Gasteiger partial charge in [0, 0.05) is 0 Å². The third-order valence-corrected chi connectivity index (χ3v) is 4.47. The molecule has 0 aliphatic rings. The van der Waals surface area contributed by atoms with Crippen molar-refractivity contribution in [1.29, 1.82) is 0 Å². The average molecular weight is 246 g/mol. The normalized spacial score (nSPS) is 14.3. The third kappa shape index (κ3) is 3.28. The minimum atomic E-state index is -3.03. The summed E-state index contributed by atoms with van der Waals surface area (Å²) in [7, 11) is -3.03. The minimum Gasteiger partial charge on any atom is -0.321 e. The number of rotatable bonds is 5. The monoisotopic (exact) mass is 246 g/mol. The lowest BCUT2D eigenvalue weighted by molar-refractivity contribution is 0.569. The second-order valence-electron chi connectivity index (χ2n) is 4.07. The molecule has 0 spiro atoms. The number of sulfone groups is 1. The van der Waals surface area contributed by atoms with Gasteiger partial charge < -0.3 is 5.73 Å². The molecule has 16 heavy (non-hydrogen) atoms. The molecule has 1 rings (SSSR count). The van der Waals surface area contributed by atoms with E-state index in [-0.39, 0.29) is 17.0 Å². The zero-order valence-corrected chi connectivity index (χ0v) is 10.6. The highest BCUT2D eigenvalue weighted by Gasteiger charge is 2.16. The largest absolute Gasteiger partial charge is 0.321 e. The summed E-state index contributed by atoms with van der Waals surface area (Å²) in [6.45, 7) is 5.44. The summed E-state index contributed by atoms with van der Waals surface area (Å²) in [4.78, 5) is 3.99. The molecule has 0 aromatic carbocycles. The fourth-order valence-electron chi connectivity index (χ4n) is 1.08. The van der Waals surface area contributed by atoms with Gasteiger partial charge in [-0.2, -0.15) is 5.10 Å². The van der Waals surface area contributed by atoms with E-state index in [9.17, 15) is 8.42 Å². The highest BCUT2D eigenvalue weighted by atomic mass is 32.2. The number of aryl methyl sites for hydroxylation is 1. The molecular formula is C9H18N4O2S. The summed E-state index contributed by atoms with van der Waals surface area (Å²) in [5.74, 6) is 0.605. The van der Waals surface area contributed by atoms with Gasteiger partial charge in [0.15, 0.2) is 15.7 Å². The van der Waals surface area contributed by atoms with E-state index in [2.05, 4.69) is 10.1 Å². The SMILES string of the molecule is CC(N)c1ncn(CCS(=O)(=O)C(C)C)n1. The first kappa shape index (κ1) is 13.1. The molecular weight excluding hydrogens is 228 g/mol.